The first kappa shape index (κ1) is 22.0. The molecule has 0 spiro atoms. The van der Waals surface area contributed by atoms with Crippen LogP contribution < -0.4 is 19.7 Å². The number of ether oxygens (including phenoxy) is 3. The maximum Gasteiger partial charge on any atom is 0.287 e. The first-order valence-electron chi connectivity index (χ1n) is 9.94. The first-order chi connectivity index (χ1) is 15.5. The second-order valence-corrected chi connectivity index (χ2v) is 8.19. The Labute approximate surface area is 190 Å². The molecule has 168 valence electrons. The molecule has 3 aromatic rings. The molecule has 1 amide bonds. The van der Waals surface area contributed by atoms with Gasteiger partial charge in [0.2, 0.25) is 6.79 Å². The summed E-state index contributed by atoms with van der Waals surface area (Å²) >= 11 is 1.44. The van der Waals surface area contributed by atoms with Gasteiger partial charge in [-0.3, -0.25) is 4.79 Å². The number of nitrogens with one attached hydrogen (secondary N) is 1. The number of furan rings is 1. The lowest BCUT2D eigenvalue weighted by molar-refractivity contribution is 0.0921. The summed E-state index contributed by atoms with van der Waals surface area (Å²) in [6.07, 6.45) is 0. The van der Waals surface area contributed by atoms with Crippen molar-refractivity contribution >= 4 is 23.5 Å². The normalized spacial score (nSPS) is 12.1. The highest BCUT2D eigenvalue weighted by molar-refractivity contribution is 7.98. The van der Waals surface area contributed by atoms with Gasteiger partial charge in [0.25, 0.3) is 5.91 Å². The molecule has 1 aliphatic rings. The molecule has 32 heavy (non-hydrogen) atoms. The van der Waals surface area contributed by atoms with Crippen LogP contribution in [0.5, 0.6) is 11.5 Å². The van der Waals surface area contributed by atoms with Crippen LogP contribution in [-0.4, -0.2) is 43.9 Å². The highest BCUT2D eigenvalue weighted by Gasteiger charge is 2.15. The summed E-state index contributed by atoms with van der Waals surface area (Å²) in [4.78, 5) is 23.4. The fourth-order valence-electron chi connectivity index (χ4n) is 3.01. The molecule has 10 heteroatoms. The van der Waals surface area contributed by atoms with E-state index in [1.807, 2.05) is 43.3 Å². The van der Waals surface area contributed by atoms with Gasteiger partial charge in [0.05, 0.1) is 18.1 Å². The van der Waals surface area contributed by atoms with E-state index in [0.29, 0.717) is 41.3 Å². The summed E-state index contributed by atoms with van der Waals surface area (Å²) in [6.45, 7) is 0.982. The van der Waals surface area contributed by atoms with E-state index in [1.54, 1.807) is 19.2 Å². The number of hydrogen-bond acceptors (Lipinski definition) is 9. The quantitative estimate of drug-likeness (QED) is 0.384. The number of thioether (sulfide) groups is 1. The van der Waals surface area contributed by atoms with Gasteiger partial charge < -0.3 is 28.8 Å². The van der Waals surface area contributed by atoms with Crippen LogP contribution in [0.3, 0.4) is 0 Å². The molecule has 1 N–H and O–H groups in total. The van der Waals surface area contributed by atoms with Crippen molar-refractivity contribution in [1.82, 2.24) is 15.3 Å². The number of rotatable bonds is 9. The van der Waals surface area contributed by atoms with Gasteiger partial charge in [-0.05, 0) is 29.8 Å². The minimum absolute atomic E-state index is 0.219. The molecule has 0 unspecified atom stereocenters. The number of nitrogens with zero attached hydrogens (tertiary/aromatic N) is 3. The summed E-state index contributed by atoms with van der Waals surface area (Å²) in [5.74, 6) is 3.33. The predicted octanol–water partition coefficient (Wildman–Crippen LogP) is 3.23. The number of aromatic nitrogens is 2. The van der Waals surface area contributed by atoms with E-state index in [9.17, 15) is 4.79 Å². The second-order valence-electron chi connectivity index (χ2n) is 7.25. The fourth-order valence-corrected chi connectivity index (χ4v) is 3.77. The van der Waals surface area contributed by atoms with E-state index in [2.05, 4.69) is 15.3 Å². The zero-order chi connectivity index (χ0) is 22.5. The zero-order valence-electron chi connectivity index (χ0n) is 18.1. The highest BCUT2D eigenvalue weighted by Crippen LogP contribution is 2.32. The molecule has 9 nitrogen and oxygen atoms in total. The van der Waals surface area contributed by atoms with E-state index < -0.39 is 0 Å². The van der Waals surface area contributed by atoms with Crippen molar-refractivity contribution in [3.8, 4) is 11.5 Å². The lowest BCUT2D eigenvalue weighted by Gasteiger charge is -2.13. The molecule has 1 aliphatic heterocycles. The number of amides is 1. The first-order valence-corrected chi connectivity index (χ1v) is 10.9. The predicted molar refractivity (Wildman–Crippen MR) is 119 cm³/mol. The van der Waals surface area contributed by atoms with Crippen molar-refractivity contribution < 1.29 is 23.4 Å². The monoisotopic (exact) mass is 456 g/mol. The number of benzene rings is 1. The summed E-state index contributed by atoms with van der Waals surface area (Å²) in [5, 5.41) is 3.47. The third-order valence-electron chi connectivity index (χ3n) is 4.61. The van der Waals surface area contributed by atoms with E-state index in [4.69, 9.17) is 18.6 Å². The van der Waals surface area contributed by atoms with Gasteiger partial charge >= 0.3 is 0 Å². The van der Waals surface area contributed by atoms with Crippen LogP contribution in [0.25, 0.3) is 0 Å². The summed E-state index contributed by atoms with van der Waals surface area (Å²) in [5.41, 5.74) is 1.71. The maximum atomic E-state index is 12.5. The molecular weight excluding hydrogens is 432 g/mol. The van der Waals surface area contributed by atoms with Crippen LogP contribution in [-0.2, 0) is 23.6 Å². The van der Waals surface area contributed by atoms with Crippen molar-refractivity contribution in [2.24, 2.45) is 0 Å². The molecular formula is C22H24N4O5S. The van der Waals surface area contributed by atoms with Gasteiger partial charge in [-0.2, -0.15) is 0 Å². The van der Waals surface area contributed by atoms with Crippen molar-refractivity contribution in [2.45, 2.75) is 24.1 Å². The van der Waals surface area contributed by atoms with Gasteiger partial charge in [0, 0.05) is 33.8 Å². The smallest absolute Gasteiger partial charge is 0.287 e. The van der Waals surface area contributed by atoms with E-state index in [1.165, 1.54) is 11.8 Å². The van der Waals surface area contributed by atoms with Gasteiger partial charge in [0.1, 0.15) is 11.6 Å². The molecule has 3 heterocycles. The van der Waals surface area contributed by atoms with Crippen molar-refractivity contribution in [1.29, 1.82) is 0 Å². The van der Waals surface area contributed by atoms with E-state index in [-0.39, 0.29) is 18.5 Å². The third kappa shape index (κ3) is 5.32. The standard InChI is InChI=1S/C22H24N4O5S/c1-26(2)20-9-15(11-28-3)24-22(25-20)32-12-16-5-7-18(31-16)21(27)23-10-14-4-6-17-19(8-14)30-13-29-17/h4-9H,10-13H2,1-3H3,(H,23,27). The average Bonchev–Trinajstić information content (AvgIpc) is 3.45. The Morgan fingerprint density at radius 2 is 2.00 bits per heavy atom. The zero-order valence-corrected chi connectivity index (χ0v) is 18.9. The van der Waals surface area contributed by atoms with Crippen LogP contribution in [0.4, 0.5) is 5.82 Å². The lowest BCUT2D eigenvalue weighted by Crippen LogP contribution is -2.22. The third-order valence-corrected chi connectivity index (χ3v) is 5.48. The number of carbonyl (C=O) groups is 1. The number of anilines is 1. The molecule has 4 rings (SSSR count). The van der Waals surface area contributed by atoms with Crippen LogP contribution >= 0.6 is 11.8 Å². The largest absolute Gasteiger partial charge is 0.455 e. The summed E-state index contributed by atoms with van der Waals surface area (Å²) in [6, 6.07) is 10.9. The number of fused-ring (bicyclic) bond motifs is 1. The van der Waals surface area contributed by atoms with Crippen LogP contribution in [0, 0.1) is 0 Å². The van der Waals surface area contributed by atoms with Gasteiger partial charge in [-0.1, -0.05) is 17.8 Å². The van der Waals surface area contributed by atoms with Crippen LogP contribution in [0.2, 0.25) is 0 Å². The molecule has 0 fully saturated rings. The molecule has 1 aromatic carbocycles. The van der Waals surface area contributed by atoms with Gasteiger partial charge in [0.15, 0.2) is 22.4 Å². The van der Waals surface area contributed by atoms with Crippen molar-refractivity contribution in [2.75, 3.05) is 32.9 Å². The number of hydrogen-bond donors (Lipinski definition) is 1. The average molecular weight is 457 g/mol. The molecule has 0 saturated heterocycles. The Balaban J connectivity index is 1.34. The van der Waals surface area contributed by atoms with Crippen molar-refractivity contribution in [3.63, 3.8) is 0 Å². The summed E-state index contributed by atoms with van der Waals surface area (Å²) < 4.78 is 21.6. The Morgan fingerprint density at radius 3 is 2.81 bits per heavy atom. The highest BCUT2D eigenvalue weighted by atomic mass is 32.2. The number of carbonyl (C=O) groups excluding carboxylic acids is 1. The minimum atomic E-state index is -0.285. The molecule has 2 aromatic heterocycles. The second kappa shape index (κ2) is 9.92. The van der Waals surface area contributed by atoms with Crippen molar-refractivity contribution in [3.05, 3.63) is 59.2 Å². The molecule has 0 aliphatic carbocycles. The summed E-state index contributed by atoms with van der Waals surface area (Å²) in [7, 11) is 5.48. The Kier molecular flexibility index (Phi) is 6.81. The van der Waals surface area contributed by atoms with Crippen LogP contribution in [0.15, 0.2) is 46.0 Å². The Hall–Kier alpha value is -3.24. The molecule has 0 radical (unpaired) electrons. The number of methoxy groups -OCH3 is 1. The molecule has 0 atom stereocenters. The lowest BCUT2D eigenvalue weighted by atomic mass is 10.2. The topological polar surface area (TPSA) is 99.0 Å². The minimum Gasteiger partial charge on any atom is -0.455 e. The van der Waals surface area contributed by atoms with Gasteiger partial charge in [-0.25, -0.2) is 9.97 Å². The molecule has 0 saturated carbocycles. The maximum absolute atomic E-state index is 12.5. The Bertz CT molecular complexity index is 1100. The van der Waals surface area contributed by atoms with E-state index >= 15 is 0 Å². The molecule has 0 bridgehead atoms. The van der Waals surface area contributed by atoms with Crippen LogP contribution in [0.1, 0.15) is 27.6 Å². The van der Waals surface area contributed by atoms with Gasteiger partial charge in [-0.15, -0.1) is 0 Å². The Morgan fingerprint density at radius 1 is 1.16 bits per heavy atom. The fraction of sp³-hybridized carbons (Fsp3) is 0.318. The van der Waals surface area contributed by atoms with E-state index in [0.717, 1.165) is 17.1 Å². The SMILES string of the molecule is COCc1cc(N(C)C)nc(SCc2ccc(C(=O)NCc3ccc4c(c3)OCO4)o2)n1.